The summed E-state index contributed by atoms with van der Waals surface area (Å²) in [6, 6.07) is 23.8. The number of carbonyl (C=O) groups is 1. The molecule has 1 aliphatic carbocycles. The number of carbonyl (C=O) groups excluding carboxylic acids is 1. The van der Waals surface area contributed by atoms with Gasteiger partial charge in [0.15, 0.2) is 0 Å². The molecular weight excluding hydrogens is 415 g/mol. The summed E-state index contributed by atoms with van der Waals surface area (Å²) in [5.41, 5.74) is 3.71. The third-order valence-electron chi connectivity index (χ3n) is 6.40. The first-order valence-electron chi connectivity index (χ1n) is 10.2. The Morgan fingerprint density at radius 3 is 2.17 bits per heavy atom. The number of benzene rings is 3. The molecule has 3 aromatic carbocycles. The maximum Gasteiger partial charge on any atom is 0.330 e. The second-order valence-electron chi connectivity index (χ2n) is 8.14. The van der Waals surface area contributed by atoms with Crippen molar-refractivity contribution in [1.82, 2.24) is 0 Å². The van der Waals surface area contributed by atoms with Crippen LogP contribution in [0.25, 0.3) is 0 Å². The molecule has 2 aliphatic rings. The van der Waals surface area contributed by atoms with Crippen molar-refractivity contribution < 1.29 is 4.79 Å². The molecule has 0 spiro atoms. The van der Waals surface area contributed by atoms with E-state index in [4.69, 9.17) is 23.2 Å². The fourth-order valence-electron chi connectivity index (χ4n) is 5.19. The third kappa shape index (κ3) is 2.91. The molecule has 2 atom stereocenters. The van der Waals surface area contributed by atoms with Gasteiger partial charge >= 0.3 is 6.03 Å². The van der Waals surface area contributed by atoms with Crippen molar-refractivity contribution in [3.63, 3.8) is 0 Å². The molecule has 3 nitrogen and oxygen atoms in total. The lowest BCUT2D eigenvalue weighted by Crippen LogP contribution is -2.46. The number of hydrogen-bond acceptors (Lipinski definition) is 1. The number of amides is 2. The number of hydrogen-bond donors (Lipinski definition) is 0. The Balaban J connectivity index is 1.72. The van der Waals surface area contributed by atoms with Crippen LogP contribution in [-0.2, 0) is 5.54 Å². The fraction of sp³-hybridized carbons (Fsp3) is 0.240. The molecule has 0 bridgehead atoms. The largest absolute Gasteiger partial charge is 0.330 e. The van der Waals surface area contributed by atoms with Crippen molar-refractivity contribution in [3.05, 3.63) is 94.0 Å². The molecule has 1 aliphatic heterocycles. The summed E-state index contributed by atoms with van der Waals surface area (Å²) in [6.45, 7) is 2.10. The Hall–Kier alpha value is -2.49. The second-order valence-corrected chi connectivity index (χ2v) is 9.02. The summed E-state index contributed by atoms with van der Waals surface area (Å²) >= 11 is 12.3. The highest BCUT2D eigenvalue weighted by molar-refractivity contribution is 6.31. The van der Waals surface area contributed by atoms with Crippen LogP contribution in [0.5, 0.6) is 0 Å². The summed E-state index contributed by atoms with van der Waals surface area (Å²) in [4.78, 5) is 17.9. The summed E-state index contributed by atoms with van der Waals surface area (Å²) in [7, 11) is 0. The zero-order valence-corrected chi connectivity index (χ0v) is 18.2. The molecule has 30 heavy (non-hydrogen) atoms. The van der Waals surface area contributed by atoms with Gasteiger partial charge in [-0.25, -0.2) is 4.79 Å². The van der Waals surface area contributed by atoms with Gasteiger partial charge < -0.3 is 0 Å². The van der Waals surface area contributed by atoms with Gasteiger partial charge in [0.05, 0.1) is 11.6 Å². The van der Waals surface area contributed by atoms with Crippen molar-refractivity contribution in [2.24, 2.45) is 0 Å². The van der Waals surface area contributed by atoms with Gasteiger partial charge in [-0.15, -0.1) is 0 Å². The number of halogens is 2. The van der Waals surface area contributed by atoms with Crippen LogP contribution in [0, 0.1) is 6.92 Å². The highest BCUT2D eigenvalue weighted by atomic mass is 35.5. The number of urea groups is 1. The zero-order chi connectivity index (χ0) is 20.9. The number of fused-ring (bicyclic) bond motifs is 1. The topological polar surface area (TPSA) is 23.6 Å². The maximum atomic E-state index is 13.9. The quantitative estimate of drug-likeness (QED) is 0.425. The van der Waals surface area contributed by atoms with Crippen LogP contribution in [-0.4, -0.2) is 12.1 Å². The standard InChI is InChI=1S/C25H22Cl2N2O/c1-17-4-2-5-18(16-17)25-15-3-6-23(25)28(21-11-7-19(26)8-12-21)24(30)29(25)22-13-9-20(27)10-14-22/h2,4-5,7-14,16,23H,3,6,15H2,1H3. The smallest absolute Gasteiger partial charge is 0.288 e. The lowest BCUT2D eigenvalue weighted by Gasteiger charge is -2.38. The van der Waals surface area contributed by atoms with E-state index in [1.165, 1.54) is 11.1 Å². The number of aryl methyl sites for hydroxylation is 1. The lowest BCUT2D eigenvalue weighted by atomic mass is 9.83. The first kappa shape index (κ1) is 19.5. The number of rotatable bonds is 3. The van der Waals surface area contributed by atoms with Gasteiger partial charge in [0, 0.05) is 21.4 Å². The van der Waals surface area contributed by atoms with Crippen LogP contribution >= 0.6 is 23.2 Å². The van der Waals surface area contributed by atoms with Gasteiger partial charge in [-0.1, -0.05) is 53.0 Å². The Morgan fingerprint density at radius 1 is 0.900 bits per heavy atom. The number of nitrogens with zero attached hydrogens (tertiary/aromatic N) is 2. The summed E-state index contributed by atoms with van der Waals surface area (Å²) in [6.07, 6.45) is 2.92. The van der Waals surface area contributed by atoms with E-state index in [1.54, 1.807) is 0 Å². The van der Waals surface area contributed by atoms with E-state index in [9.17, 15) is 4.79 Å². The second kappa shape index (κ2) is 7.33. The van der Waals surface area contributed by atoms with E-state index in [0.717, 1.165) is 30.6 Å². The molecule has 0 aromatic heterocycles. The monoisotopic (exact) mass is 436 g/mol. The Morgan fingerprint density at radius 2 is 1.53 bits per heavy atom. The molecule has 1 heterocycles. The maximum absolute atomic E-state index is 13.9. The van der Waals surface area contributed by atoms with E-state index in [2.05, 4.69) is 31.2 Å². The fourth-order valence-corrected chi connectivity index (χ4v) is 5.44. The summed E-state index contributed by atoms with van der Waals surface area (Å²) in [5.74, 6) is 0. The average molecular weight is 437 g/mol. The van der Waals surface area contributed by atoms with Crippen LogP contribution in [0.4, 0.5) is 16.2 Å². The van der Waals surface area contributed by atoms with Gasteiger partial charge in [-0.3, -0.25) is 9.80 Å². The predicted molar refractivity (Wildman–Crippen MR) is 124 cm³/mol. The minimum Gasteiger partial charge on any atom is -0.288 e. The van der Waals surface area contributed by atoms with E-state index in [1.807, 2.05) is 58.3 Å². The zero-order valence-electron chi connectivity index (χ0n) is 16.7. The van der Waals surface area contributed by atoms with Crippen molar-refractivity contribution in [1.29, 1.82) is 0 Å². The molecule has 0 N–H and O–H groups in total. The Bertz CT molecular complexity index is 1100. The van der Waals surface area contributed by atoms with Crippen molar-refractivity contribution >= 4 is 40.6 Å². The van der Waals surface area contributed by atoms with E-state index in [0.29, 0.717) is 10.0 Å². The van der Waals surface area contributed by atoms with Crippen LogP contribution in [0.3, 0.4) is 0 Å². The molecule has 1 saturated carbocycles. The minimum atomic E-state index is -0.420. The average Bonchev–Trinajstić information content (AvgIpc) is 3.26. The first-order chi connectivity index (χ1) is 14.5. The van der Waals surface area contributed by atoms with Crippen molar-refractivity contribution in [2.75, 3.05) is 9.80 Å². The summed E-state index contributed by atoms with van der Waals surface area (Å²) < 4.78 is 0. The Kier molecular flexibility index (Phi) is 4.76. The molecule has 2 unspecified atom stereocenters. The van der Waals surface area contributed by atoms with E-state index in [-0.39, 0.29) is 12.1 Å². The molecule has 1 saturated heterocycles. The van der Waals surface area contributed by atoms with E-state index >= 15 is 0 Å². The highest BCUT2D eigenvalue weighted by Crippen LogP contribution is 2.54. The molecule has 2 amide bonds. The van der Waals surface area contributed by atoms with Gasteiger partial charge in [-0.2, -0.15) is 0 Å². The predicted octanol–water partition coefficient (Wildman–Crippen LogP) is 7.20. The van der Waals surface area contributed by atoms with Crippen LogP contribution in [0.1, 0.15) is 30.4 Å². The molecule has 0 radical (unpaired) electrons. The van der Waals surface area contributed by atoms with Gasteiger partial charge in [0.2, 0.25) is 0 Å². The molecule has 152 valence electrons. The highest BCUT2D eigenvalue weighted by Gasteiger charge is 2.61. The van der Waals surface area contributed by atoms with Gasteiger partial charge in [0.25, 0.3) is 0 Å². The molecule has 3 aromatic rings. The molecule has 5 heteroatoms. The van der Waals surface area contributed by atoms with Gasteiger partial charge in [-0.05, 0) is 80.3 Å². The Labute approximate surface area is 186 Å². The lowest BCUT2D eigenvalue weighted by molar-refractivity contribution is 0.253. The van der Waals surface area contributed by atoms with Crippen molar-refractivity contribution in [3.8, 4) is 0 Å². The number of anilines is 2. The van der Waals surface area contributed by atoms with Crippen molar-refractivity contribution in [2.45, 2.75) is 37.8 Å². The first-order valence-corrected chi connectivity index (χ1v) is 11.0. The van der Waals surface area contributed by atoms with Crippen LogP contribution in [0.15, 0.2) is 72.8 Å². The van der Waals surface area contributed by atoms with Crippen LogP contribution < -0.4 is 9.80 Å². The van der Waals surface area contributed by atoms with Crippen LogP contribution in [0.2, 0.25) is 10.0 Å². The molecule has 2 fully saturated rings. The SMILES string of the molecule is Cc1cccc(C23CCCC2N(c2ccc(Cl)cc2)C(=O)N3c2ccc(Cl)cc2)c1. The van der Waals surface area contributed by atoms with E-state index < -0.39 is 5.54 Å². The molecule has 5 rings (SSSR count). The third-order valence-corrected chi connectivity index (χ3v) is 6.91. The summed E-state index contributed by atoms with van der Waals surface area (Å²) in [5, 5.41) is 1.32. The minimum absolute atomic E-state index is 0.00847. The molecular formula is C25H22Cl2N2O. The van der Waals surface area contributed by atoms with Gasteiger partial charge in [0.1, 0.15) is 0 Å². The normalized spacial score (nSPS) is 23.2.